The fraction of sp³-hybridized carbons (Fsp3) is 0.308. The third-order valence-corrected chi connectivity index (χ3v) is 1.86. The van der Waals surface area contributed by atoms with Crippen molar-refractivity contribution in [2.24, 2.45) is 4.99 Å². The monoisotopic (exact) mass is 187 g/mol. The number of rotatable bonds is 5. The first-order chi connectivity index (χ1) is 6.93. The normalized spacial score (nSPS) is 11.5. The van der Waals surface area contributed by atoms with Crippen molar-refractivity contribution in [3.8, 4) is 0 Å². The van der Waals surface area contributed by atoms with Crippen LogP contribution in [0.25, 0.3) is 0 Å². The van der Waals surface area contributed by atoms with Crippen LogP contribution in [-0.2, 0) is 0 Å². The Morgan fingerprint density at radius 2 is 1.86 bits per heavy atom. The smallest absolute Gasteiger partial charge is 0.0625 e. The summed E-state index contributed by atoms with van der Waals surface area (Å²) in [7, 11) is 0. The maximum absolute atomic E-state index is 4.34. The first kappa shape index (κ1) is 10.7. The van der Waals surface area contributed by atoms with Gasteiger partial charge in [-0.3, -0.25) is 4.99 Å². The molecule has 0 bridgehead atoms. The van der Waals surface area contributed by atoms with Gasteiger partial charge in [0.25, 0.3) is 0 Å². The highest BCUT2D eigenvalue weighted by atomic mass is 14.7. The highest BCUT2D eigenvalue weighted by Crippen LogP contribution is 2.08. The van der Waals surface area contributed by atoms with Gasteiger partial charge in [0, 0.05) is 6.21 Å². The molecule has 1 heteroatoms. The Morgan fingerprint density at radius 1 is 1.07 bits per heavy atom. The van der Waals surface area contributed by atoms with Crippen LogP contribution in [0.15, 0.2) is 47.5 Å². The van der Waals surface area contributed by atoms with Crippen molar-refractivity contribution >= 4 is 11.9 Å². The van der Waals surface area contributed by atoms with E-state index in [9.17, 15) is 0 Å². The molecule has 0 spiro atoms. The zero-order valence-electron chi connectivity index (χ0n) is 8.69. The van der Waals surface area contributed by atoms with E-state index in [4.69, 9.17) is 0 Å². The first-order valence-corrected chi connectivity index (χ1v) is 5.16. The SMILES string of the molecule is CC/C=C/CCC=Nc1ccccc1. The Kier molecular flexibility index (Phi) is 5.41. The number of unbranched alkanes of at least 4 members (excludes halogenated alkanes) is 1. The topological polar surface area (TPSA) is 12.4 Å². The summed E-state index contributed by atoms with van der Waals surface area (Å²) in [6.07, 6.45) is 9.61. The van der Waals surface area contributed by atoms with Gasteiger partial charge >= 0.3 is 0 Å². The number of hydrogen-bond acceptors (Lipinski definition) is 1. The molecule has 1 nitrogen and oxygen atoms in total. The van der Waals surface area contributed by atoms with Crippen molar-refractivity contribution in [1.29, 1.82) is 0 Å². The minimum absolute atomic E-state index is 1.02. The van der Waals surface area contributed by atoms with Gasteiger partial charge in [0.2, 0.25) is 0 Å². The summed E-state index contributed by atoms with van der Waals surface area (Å²) in [5, 5.41) is 0. The van der Waals surface area contributed by atoms with Gasteiger partial charge < -0.3 is 0 Å². The predicted molar refractivity (Wildman–Crippen MR) is 63.3 cm³/mol. The molecule has 0 aliphatic heterocycles. The third kappa shape index (κ3) is 4.61. The minimum atomic E-state index is 1.02. The summed E-state index contributed by atoms with van der Waals surface area (Å²) in [5.74, 6) is 0. The van der Waals surface area contributed by atoms with Gasteiger partial charge in [-0.05, 0) is 31.4 Å². The highest BCUT2D eigenvalue weighted by molar-refractivity contribution is 5.63. The maximum Gasteiger partial charge on any atom is 0.0625 e. The Labute approximate surface area is 86.2 Å². The van der Waals surface area contributed by atoms with E-state index in [1.54, 1.807) is 0 Å². The van der Waals surface area contributed by atoms with Gasteiger partial charge in [0.1, 0.15) is 0 Å². The van der Waals surface area contributed by atoms with Gasteiger partial charge in [0.15, 0.2) is 0 Å². The largest absolute Gasteiger partial charge is 0.261 e. The maximum atomic E-state index is 4.34. The molecule has 0 unspecified atom stereocenters. The Bertz CT molecular complexity index is 285. The molecule has 0 aliphatic carbocycles. The van der Waals surface area contributed by atoms with E-state index in [2.05, 4.69) is 24.1 Å². The van der Waals surface area contributed by atoms with E-state index in [1.165, 1.54) is 0 Å². The summed E-state index contributed by atoms with van der Waals surface area (Å²) in [5.41, 5.74) is 1.03. The number of para-hydroxylation sites is 1. The molecule has 0 fully saturated rings. The van der Waals surface area contributed by atoms with E-state index in [-0.39, 0.29) is 0 Å². The van der Waals surface area contributed by atoms with E-state index < -0.39 is 0 Å². The van der Waals surface area contributed by atoms with Crippen LogP contribution in [0, 0.1) is 0 Å². The number of hydrogen-bond donors (Lipinski definition) is 0. The van der Waals surface area contributed by atoms with Crippen molar-refractivity contribution in [2.75, 3.05) is 0 Å². The summed E-state index contributed by atoms with van der Waals surface area (Å²) < 4.78 is 0. The Balaban J connectivity index is 2.25. The molecule has 1 aromatic carbocycles. The second-order valence-electron chi connectivity index (χ2n) is 3.10. The minimum Gasteiger partial charge on any atom is -0.261 e. The molecule has 1 aromatic rings. The number of nitrogens with zero attached hydrogens (tertiary/aromatic N) is 1. The molecule has 0 amide bonds. The molecular formula is C13H17N. The molecule has 0 saturated carbocycles. The van der Waals surface area contributed by atoms with Crippen molar-refractivity contribution in [2.45, 2.75) is 26.2 Å². The molecule has 0 aliphatic rings. The molecule has 14 heavy (non-hydrogen) atoms. The molecule has 1 rings (SSSR count). The van der Waals surface area contributed by atoms with Crippen LogP contribution in [0.2, 0.25) is 0 Å². The van der Waals surface area contributed by atoms with Gasteiger partial charge in [-0.25, -0.2) is 0 Å². The molecule has 0 atom stereocenters. The van der Waals surface area contributed by atoms with E-state index in [1.807, 2.05) is 36.5 Å². The lowest BCUT2D eigenvalue weighted by atomic mass is 10.3. The van der Waals surface area contributed by atoms with E-state index in [0.29, 0.717) is 0 Å². The van der Waals surface area contributed by atoms with Gasteiger partial charge in [-0.15, -0.1) is 0 Å². The lowest BCUT2D eigenvalue weighted by molar-refractivity contribution is 1.09. The molecular weight excluding hydrogens is 170 g/mol. The van der Waals surface area contributed by atoms with Crippen LogP contribution in [-0.4, -0.2) is 6.21 Å². The molecule has 74 valence electrons. The van der Waals surface area contributed by atoms with Crippen molar-refractivity contribution in [1.82, 2.24) is 0 Å². The zero-order chi connectivity index (χ0) is 10.1. The quantitative estimate of drug-likeness (QED) is 0.373. The third-order valence-electron chi connectivity index (χ3n) is 1.86. The Morgan fingerprint density at radius 3 is 2.57 bits per heavy atom. The summed E-state index contributed by atoms with van der Waals surface area (Å²) in [6, 6.07) is 10.0. The van der Waals surface area contributed by atoms with Gasteiger partial charge in [-0.2, -0.15) is 0 Å². The predicted octanol–water partition coefficient (Wildman–Crippen LogP) is 4.14. The molecule has 0 saturated heterocycles. The fourth-order valence-corrected chi connectivity index (χ4v) is 1.14. The van der Waals surface area contributed by atoms with Crippen molar-refractivity contribution in [3.63, 3.8) is 0 Å². The van der Waals surface area contributed by atoms with Crippen LogP contribution >= 0.6 is 0 Å². The lowest BCUT2D eigenvalue weighted by Gasteiger charge is -1.90. The first-order valence-electron chi connectivity index (χ1n) is 5.16. The second kappa shape index (κ2) is 7.07. The Hall–Kier alpha value is -1.37. The summed E-state index contributed by atoms with van der Waals surface area (Å²) in [6.45, 7) is 2.15. The molecule has 0 radical (unpaired) electrons. The second-order valence-corrected chi connectivity index (χ2v) is 3.10. The highest BCUT2D eigenvalue weighted by Gasteiger charge is 1.82. The number of benzene rings is 1. The molecule has 0 N–H and O–H groups in total. The summed E-state index contributed by atoms with van der Waals surface area (Å²) in [4.78, 5) is 4.34. The zero-order valence-corrected chi connectivity index (χ0v) is 8.69. The standard InChI is InChI=1S/C13H17N/c1-2-3-4-5-9-12-14-13-10-7-6-8-11-13/h3-4,6-8,10-12H,2,5,9H2,1H3/b4-3+,14-12?. The molecule has 0 aromatic heterocycles. The van der Waals surface area contributed by atoms with Crippen LogP contribution in [0.5, 0.6) is 0 Å². The van der Waals surface area contributed by atoms with Crippen LogP contribution < -0.4 is 0 Å². The van der Waals surface area contributed by atoms with Crippen LogP contribution in [0.4, 0.5) is 5.69 Å². The van der Waals surface area contributed by atoms with E-state index in [0.717, 1.165) is 24.9 Å². The van der Waals surface area contributed by atoms with E-state index >= 15 is 0 Å². The van der Waals surface area contributed by atoms with Crippen LogP contribution in [0.1, 0.15) is 26.2 Å². The fourth-order valence-electron chi connectivity index (χ4n) is 1.14. The lowest BCUT2D eigenvalue weighted by Crippen LogP contribution is -1.73. The van der Waals surface area contributed by atoms with Crippen molar-refractivity contribution in [3.05, 3.63) is 42.5 Å². The number of allylic oxidation sites excluding steroid dienone is 2. The number of aliphatic imine (C=N–C) groups is 1. The van der Waals surface area contributed by atoms with Crippen molar-refractivity contribution < 1.29 is 0 Å². The van der Waals surface area contributed by atoms with Crippen LogP contribution in [0.3, 0.4) is 0 Å². The molecule has 0 heterocycles. The average molecular weight is 187 g/mol. The van der Waals surface area contributed by atoms with Gasteiger partial charge in [-0.1, -0.05) is 37.3 Å². The average Bonchev–Trinajstić information content (AvgIpc) is 2.25. The summed E-state index contributed by atoms with van der Waals surface area (Å²) >= 11 is 0. The van der Waals surface area contributed by atoms with Gasteiger partial charge in [0.05, 0.1) is 5.69 Å².